The van der Waals surface area contributed by atoms with E-state index in [0.717, 1.165) is 11.5 Å². The van der Waals surface area contributed by atoms with E-state index in [4.69, 9.17) is 9.47 Å². The molecule has 0 saturated carbocycles. The van der Waals surface area contributed by atoms with Crippen molar-refractivity contribution in [2.24, 2.45) is 0 Å². The maximum absolute atomic E-state index is 5.38. The standard InChI is InChI=1S/C10H14O2/c1-4-12-10-7-8(2)5-6-9(10)11-3/h5-7H,4H2,1-3H3. The number of methoxy groups -OCH3 is 1. The van der Waals surface area contributed by atoms with E-state index in [2.05, 4.69) is 0 Å². The average Bonchev–Trinajstić information content (AvgIpc) is 2.05. The summed E-state index contributed by atoms with van der Waals surface area (Å²) in [6, 6.07) is 5.89. The molecule has 0 N–H and O–H groups in total. The second-order valence-corrected chi connectivity index (χ2v) is 2.59. The Labute approximate surface area is 73.1 Å². The quantitative estimate of drug-likeness (QED) is 0.686. The van der Waals surface area contributed by atoms with Gasteiger partial charge in [0.1, 0.15) is 0 Å². The lowest BCUT2D eigenvalue weighted by atomic mass is 10.2. The molecule has 0 spiro atoms. The van der Waals surface area contributed by atoms with Gasteiger partial charge in [-0.3, -0.25) is 0 Å². The van der Waals surface area contributed by atoms with Crippen LogP contribution in [0.25, 0.3) is 0 Å². The van der Waals surface area contributed by atoms with Crippen molar-refractivity contribution in [3.05, 3.63) is 23.8 Å². The molecule has 2 heteroatoms. The van der Waals surface area contributed by atoms with Crippen molar-refractivity contribution in [2.45, 2.75) is 13.8 Å². The van der Waals surface area contributed by atoms with Crippen LogP contribution in [0.4, 0.5) is 0 Å². The van der Waals surface area contributed by atoms with Crippen LogP contribution in [0, 0.1) is 6.92 Å². The summed E-state index contributed by atoms with van der Waals surface area (Å²) in [4.78, 5) is 0. The van der Waals surface area contributed by atoms with Crippen LogP contribution in [-0.2, 0) is 0 Å². The number of rotatable bonds is 3. The highest BCUT2D eigenvalue weighted by atomic mass is 16.5. The number of benzene rings is 1. The van der Waals surface area contributed by atoms with E-state index in [9.17, 15) is 0 Å². The molecule has 0 fully saturated rings. The van der Waals surface area contributed by atoms with Crippen LogP contribution in [0.15, 0.2) is 18.2 Å². The molecule has 0 saturated heterocycles. The normalized spacial score (nSPS) is 9.58. The molecule has 0 aromatic heterocycles. The predicted octanol–water partition coefficient (Wildman–Crippen LogP) is 2.40. The minimum absolute atomic E-state index is 0.666. The highest BCUT2D eigenvalue weighted by Gasteiger charge is 2.01. The van der Waals surface area contributed by atoms with E-state index in [1.54, 1.807) is 7.11 Å². The average molecular weight is 166 g/mol. The molecule has 1 aromatic rings. The van der Waals surface area contributed by atoms with Gasteiger partial charge in [-0.15, -0.1) is 0 Å². The molecule has 0 unspecified atom stereocenters. The largest absolute Gasteiger partial charge is 0.493 e. The fourth-order valence-electron chi connectivity index (χ4n) is 1.05. The van der Waals surface area contributed by atoms with E-state index in [-0.39, 0.29) is 0 Å². The van der Waals surface area contributed by atoms with Gasteiger partial charge < -0.3 is 9.47 Å². The van der Waals surface area contributed by atoms with Crippen molar-refractivity contribution in [1.82, 2.24) is 0 Å². The predicted molar refractivity (Wildman–Crippen MR) is 48.9 cm³/mol. The first kappa shape index (κ1) is 8.91. The summed E-state index contributed by atoms with van der Waals surface area (Å²) >= 11 is 0. The summed E-state index contributed by atoms with van der Waals surface area (Å²) < 4.78 is 10.5. The van der Waals surface area contributed by atoms with Crippen LogP contribution in [0.2, 0.25) is 0 Å². The molecular weight excluding hydrogens is 152 g/mol. The number of hydrogen-bond acceptors (Lipinski definition) is 2. The lowest BCUT2D eigenvalue weighted by molar-refractivity contribution is 0.310. The van der Waals surface area contributed by atoms with E-state index in [1.807, 2.05) is 32.0 Å². The fraction of sp³-hybridized carbons (Fsp3) is 0.400. The van der Waals surface area contributed by atoms with Gasteiger partial charge in [0.15, 0.2) is 11.5 Å². The molecule has 66 valence electrons. The van der Waals surface area contributed by atoms with Crippen LogP contribution >= 0.6 is 0 Å². The first-order valence-electron chi connectivity index (χ1n) is 4.05. The Balaban J connectivity index is 2.95. The molecule has 1 aromatic carbocycles. The Morgan fingerprint density at radius 3 is 2.58 bits per heavy atom. The van der Waals surface area contributed by atoms with Gasteiger partial charge in [0.2, 0.25) is 0 Å². The first-order chi connectivity index (χ1) is 5.77. The van der Waals surface area contributed by atoms with E-state index in [0.29, 0.717) is 6.61 Å². The zero-order chi connectivity index (χ0) is 8.97. The number of ether oxygens (including phenoxy) is 2. The summed E-state index contributed by atoms with van der Waals surface area (Å²) in [6.45, 7) is 4.66. The molecular formula is C10H14O2. The van der Waals surface area contributed by atoms with Gasteiger partial charge in [-0.05, 0) is 31.5 Å². The van der Waals surface area contributed by atoms with Crippen molar-refractivity contribution in [3.8, 4) is 11.5 Å². The van der Waals surface area contributed by atoms with Crippen LogP contribution in [0.3, 0.4) is 0 Å². The first-order valence-corrected chi connectivity index (χ1v) is 4.05. The van der Waals surface area contributed by atoms with Gasteiger partial charge in [-0.2, -0.15) is 0 Å². The van der Waals surface area contributed by atoms with Gasteiger partial charge in [0, 0.05) is 0 Å². The van der Waals surface area contributed by atoms with E-state index in [1.165, 1.54) is 5.56 Å². The third-order valence-corrected chi connectivity index (χ3v) is 1.62. The summed E-state index contributed by atoms with van der Waals surface area (Å²) in [5.74, 6) is 1.61. The molecule has 2 nitrogen and oxygen atoms in total. The van der Waals surface area contributed by atoms with Crippen molar-refractivity contribution >= 4 is 0 Å². The molecule has 0 atom stereocenters. The minimum Gasteiger partial charge on any atom is -0.493 e. The molecule has 1 rings (SSSR count). The lowest BCUT2D eigenvalue weighted by Crippen LogP contribution is -1.95. The Bertz CT molecular complexity index is 256. The SMILES string of the molecule is CCOc1cc(C)ccc1OC. The molecule has 0 aliphatic rings. The highest BCUT2D eigenvalue weighted by molar-refractivity contribution is 5.42. The summed E-state index contributed by atoms with van der Waals surface area (Å²) in [7, 11) is 1.65. The zero-order valence-corrected chi connectivity index (χ0v) is 7.76. The van der Waals surface area contributed by atoms with E-state index < -0.39 is 0 Å². The van der Waals surface area contributed by atoms with Crippen LogP contribution in [0.1, 0.15) is 12.5 Å². The Morgan fingerprint density at radius 1 is 1.25 bits per heavy atom. The van der Waals surface area contributed by atoms with E-state index >= 15 is 0 Å². The molecule has 0 amide bonds. The topological polar surface area (TPSA) is 18.5 Å². The van der Waals surface area contributed by atoms with Gasteiger partial charge >= 0.3 is 0 Å². The molecule has 0 aliphatic carbocycles. The van der Waals surface area contributed by atoms with Gasteiger partial charge in [0.25, 0.3) is 0 Å². The minimum atomic E-state index is 0.666. The molecule has 0 radical (unpaired) electrons. The smallest absolute Gasteiger partial charge is 0.161 e. The second kappa shape index (κ2) is 4.00. The third kappa shape index (κ3) is 1.91. The summed E-state index contributed by atoms with van der Waals surface area (Å²) in [6.07, 6.45) is 0. The molecule has 0 bridgehead atoms. The zero-order valence-electron chi connectivity index (χ0n) is 7.76. The Hall–Kier alpha value is -1.18. The van der Waals surface area contributed by atoms with Crippen molar-refractivity contribution in [1.29, 1.82) is 0 Å². The number of aryl methyl sites for hydroxylation is 1. The third-order valence-electron chi connectivity index (χ3n) is 1.62. The van der Waals surface area contributed by atoms with Gasteiger partial charge in [-0.25, -0.2) is 0 Å². The van der Waals surface area contributed by atoms with Crippen LogP contribution in [0.5, 0.6) is 11.5 Å². The maximum Gasteiger partial charge on any atom is 0.161 e. The van der Waals surface area contributed by atoms with Crippen molar-refractivity contribution in [2.75, 3.05) is 13.7 Å². The Kier molecular flexibility index (Phi) is 2.97. The maximum atomic E-state index is 5.38. The van der Waals surface area contributed by atoms with Crippen molar-refractivity contribution < 1.29 is 9.47 Å². The summed E-state index contributed by atoms with van der Waals surface area (Å²) in [5, 5.41) is 0. The highest BCUT2D eigenvalue weighted by Crippen LogP contribution is 2.27. The van der Waals surface area contributed by atoms with Gasteiger partial charge in [0.05, 0.1) is 13.7 Å². The molecule has 0 aliphatic heterocycles. The molecule has 0 heterocycles. The Morgan fingerprint density at radius 2 is 2.00 bits per heavy atom. The number of hydrogen-bond donors (Lipinski definition) is 0. The second-order valence-electron chi connectivity index (χ2n) is 2.59. The van der Waals surface area contributed by atoms with Gasteiger partial charge in [-0.1, -0.05) is 6.07 Å². The fourth-order valence-corrected chi connectivity index (χ4v) is 1.05. The monoisotopic (exact) mass is 166 g/mol. The van der Waals surface area contributed by atoms with Crippen molar-refractivity contribution in [3.63, 3.8) is 0 Å². The lowest BCUT2D eigenvalue weighted by Gasteiger charge is -2.09. The summed E-state index contributed by atoms with van der Waals surface area (Å²) in [5.41, 5.74) is 1.18. The van der Waals surface area contributed by atoms with Crippen LogP contribution < -0.4 is 9.47 Å². The molecule has 12 heavy (non-hydrogen) atoms. The van der Waals surface area contributed by atoms with Crippen LogP contribution in [-0.4, -0.2) is 13.7 Å².